The number of sulfonamides is 1. The van der Waals surface area contributed by atoms with Crippen molar-refractivity contribution in [3.63, 3.8) is 0 Å². The van der Waals surface area contributed by atoms with Gasteiger partial charge in [0.2, 0.25) is 15.9 Å². The maximum Gasteiger partial charge on any atom is 0.318 e. The summed E-state index contributed by atoms with van der Waals surface area (Å²) in [5, 5.41) is 11.5. The van der Waals surface area contributed by atoms with Crippen molar-refractivity contribution in [3.05, 3.63) is 23.8 Å². The van der Waals surface area contributed by atoms with E-state index in [0.29, 0.717) is 11.3 Å². The Hall–Kier alpha value is -1.93. The lowest BCUT2D eigenvalue weighted by atomic mass is 10.2. The van der Waals surface area contributed by atoms with Gasteiger partial charge in [-0.05, 0) is 38.5 Å². The molecule has 0 saturated heterocycles. The monoisotopic (exact) mass is 328 g/mol. The van der Waals surface area contributed by atoms with Crippen LogP contribution in [0.5, 0.6) is 0 Å². The maximum atomic E-state index is 12.6. The number of carbonyl (C=O) groups is 2. The van der Waals surface area contributed by atoms with Crippen molar-refractivity contribution in [2.24, 2.45) is 0 Å². The van der Waals surface area contributed by atoms with Gasteiger partial charge in [-0.25, -0.2) is 8.42 Å². The summed E-state index contributed by atoms with van der Waals surface area (Å²) in [6, 6.07) is 3.79. The van der Waals surface area contributed by atoms with Crippen molar-refractivity contribution >= 4 is 27.6 Å². The molecule has 0 aliphatic rings. The maximum absolute atomic E-state index is 12.6. The molecule has 0 unspecified atom stereocenters. The van der Waals surface area contributed by atoms with E-state index in [4.69, 9.17) is 5.11 Å². The van der Waals surface area contributed by atoms with Gasteiger partial charge in [0, 0.05) is 18.7 Å². The summed E-state index contributed by atoms with van der Waals surface area (Å²) >= 11 is 0. The number of nitrogens with zero attached hydrogens (tertiary/aromatic N) is 1. The van der Waals surface area contributed by atoms with Crippen molar-refractivity contribution in [1.82, 2.24) is 4.31 Å². The fraction of sp³-hybridized carbons (Fsp3) is 0.429. The van der Waals surface area contributed by atoms with Gasteiger partial charge in [-0.15, -0.1) is 0 Å². The molecule has 0 aliphatic carbocycles. The van der Waals surface area contributed by atoms with Gasteiger partial charge >= 0.3 is 5.97 Å². The van der Waals surface area contributed by atoms with Crippen molar-refractivity contribution in [2.75, 3.05) is 11.9 Å². The van der Waals surface area contributed by atoms with Crippen LogP contribution in [0.15, 0.2) is 23.1 Å². The minimum Gasteiger partial charge on any atom is -0.480 e. The first-order chi connectivity index (χ1) is 10.1. The van der Waals surface area contributed by atoms with Crippen LogP contribution in [-0.4, -0.2) is 42.3 Å². The molecule has 0 atom stereocenters. The van der Waals surface area contributed by atoms with E-state index in [1.807, 2.05) is 0 Å². The topological polar surface area (TPSA) is 104 Å². The standard InChI is InChI=1S/C14H20N2O5S/c1-9(2)16(8-14(18)19)22(20,21)12-6-5-10(3)13(7-12)15-11(4)17/h5-7,9H,8H2,1-4H3,(H,15,17)(H,18,19). The summed E-state index contributed by atoms with van der Waals surface area (Å²) < 4.78 is 26.1. The summed E-state index contributed by atoms with van der Waals surface area (Å²) in [5.41, 5.74) is 1.09. The number of rotatable bonds is 6. The highest BCUT2D eigenvalue weighted by Gasteiger charge is 2.29. The third kappa shape index (κ3) is 4.28. The highest BCUT2D eigenvalue weighted by molar-refractivity contribution is 7.89. The SMILES string of the molecule is CC(=O)Nc1cc(S(=O)(=O)N(CC(=O)O)C(C)C)ccc1C. The smallest absolute Gasteiger partial charge is 0.318 e. The molecule has 1 amide bonds. The molecule has 0 heterocycles. The molecule has 0 fully saturated rings. The Labute approximate surface area is 130 Å². The fourth-order valence-electron chi connectivity index (χ4n) is 1.90. The minimum absolute atomic E-state index is 0.0585. The molecule has 1 aromatic rings. The quantitative estimate of drug-likeness (QED) is 0.822. The van der Waals surface area contributed by atoms with Gasteiger partial charge in [-0.3, -0.25) is 9.59 Å². The van der Waals surface area contributed by atoms with Gasteiger partial charge < -0.3 is 10.4 Å². The van der Waals surface area contributed by atoms with Gasteiger partial charge in [0.05, 0.1) is 4.90 Å². The molecule has 0 spiro atoms. The van der Waals surface area contributed by atoms with Crippen LogP contribution in [0.25, 0.3) is 0 Å². The first-order valence-electron chi connectivity index (χ1n) is 6.67. The second-order valence-corrected chi connectivity index (χ2v) is 7.09. The van der Waals surface area contributed by atoms with E-state index < -0.39 is 28.6 Å². The number of anilines is 1. The predicted octanol–water partition coefficient (Wildman–Crippen LogP) is 1.44. The number of hydrogen-bond acceptors (Lipinski definition) is 4. The number of hydrogen-bond donors (Lipinski definition) is 2. The number of nitrogens with one attached hydrogen (secondary N) is 1. The number of aryl methyl sites for hydroxylation is 1. The van der Waals surface area contributed by atoms with Crippen LogP contribution < -0.4 is 5.32 Å². The molecule has 8 heteroatoms. The van der Waals surface area contributed by atoms with E-state index >= 15 is 0 Å². The van der Waals surface area contributed by atoms with Crippen LogP contribution in [0, 0.1) is 6.92 Å². The number of amides is 1. The molecule has 0 radical (unpaired) electrons. The number of carboxylic acid groups (broad SMARTS) is 1. The van der Waals surface area contributed by atoms with Crippen LogP contribution in [-0.2, 0) is 19.6 Å². The Kier molecular flexibility index (Phi) is 5.67. The third-order valence-electron chi connectivity index (χ3n) is 2.99. The van der Waals surface area contributed by atoms with E-state index in [0.717, 1.165) is 4.31 Å². The average Bonchev–Trinajstić information content (AvgIpc) is 2.37. The van der Waals surface area contributed by atoms with Crippen molar-refractivity contribution in [2.45, 2.75) is 38.6 Å². The highest BCUT2D eigenvalue weighted by atomic mass is 32.2. The molecule has 1 rings (SSSR count). The molecule has 0 bridgehead atoms. The molecular formula is C14H20N2O5S. The van der Waals surface area contributed by atoms with Gasteiger partial charge in [-0.1, -0.05) is 6.07 Å². The second-order valence-electron chi connectivity index (χ2n) is 5.20. The largest absolute Gasteiger partial charge is 0.480 e. The minimum atomic E-state index is -3.97. The summed E-state index contributed by atoms with van der Waals surface area (Å²) in [5.74, 6) is -1.55. The molecule has 0 aromatic heterocycles. The van der Waals surface area contributed by atoms with E-state index in [1.54, 1.807) is 26.8 Å². The zero-order valence-corrected chi connectivity index (χ0v) is 13.8. The lowest BCUT2D eigenvalue weighted by molar-refractivity contribution is -0.137. The number of aliphatic carboxylic acids is 1. The Bertz CT molecular complexity index is 682. The number of carbonyl (C=O) groups excluding carboxylic acids is 1. The third-order valence-corrected chi connectivity index (χ3v) is 5.01. The molecule has 7 nitrogen and oxygen atoms in total. The summed E-state index contributed by atoms with van der Waals surface area (Å²) in [4.78, 5) is 22.0. The Morgan fingerprint density at radius 1 is 1.32 bits per heavy atom. The van der Waals surface area contributed by atoms with Gasteiger partial charge in [0.25, 0.3) is 0 Å². The van der Waals surface area contributed by atoms with Gasteiger partial charge in [-0.2, -0.15) is 4.31 Å². The average molecular weight is 328 g/mol. The Balaban J connectivity index is 3.31. The molecule has 22 heavy (non-hydrogen) atoms. The fourth-order valence-corrected chi connectivity index (χ4v) is 3.51. The normalized spacial score (nSPS) is 11.7. The molecule has 0 saturated carbocycles. The van der Waals surface area contributed by atoms with Crippen LogP contribution >= 0.6 is 0 Å². The Morgan fingerprint density at radius 3 is 2.36 bits per heavy atom. The summed E-state index contributed by atoms with van der Waals surface area (Å²) in [7, 11) is -3.97. The molecular weight excluding hydrogens is 308 g/mol. The molecule has 0 aliphatic heterocycles. The number of carboxylic acids is 1. The van der Waals surface area contributed by atoms with E-state index in [1.165, 1.54) is 19.1 Å². The lowest BCUT2D eigenvalue weighted by Gasteiger charge is -2.24. The second kappa shape index (κ2) is 6.89. The molecule has 1 aromatic carbocycles. The van der Waals surface area contributed by atoms with Crippen molar-refractivity contribution in [1.29, 1.82) is 0 Å². The zero-order chi connectivity index (χ0) is 17.1. The van der Waals surface area contributed by atoms with Crippen LogP contribution in [0.4, 0.5) is 5.69 Å². The van der Waals surface area contributed by atoms with Crippen LogP contribution in [0.2, 0.25) is 0 Å². The number of benzene rings is 1. The molecule has 2 N–H and O–H groups in total. The molecule has 122 valence electrons. The highest BCUT2D eigenvalue weighted by Crippen LogP contribution is 2.24. The first-order valence-corrected chi connectivity index (χ1v) is 8.11. The van der Waals surface area contributed by atoms with Crippen molar-refractivity contribution < 1.29 is 23.1 Å². The zero-order valence-electron chi connectivity index (χ0n) is 13.0. The van der Waals surface area contributed by atoms with E-state index in [9.17, 15) is 18.0 Å². The van der Waals surface area contributed by atoms with Crippen molar-refractivity contribution in [3.8, 4) is 0 Å². The lowest BCUT2D eigenvalue weighted by Crippen LogP contribution is -2.40. The van der Waals surface area contributed by atoms with E-state index in [-0.39, 0.29) is 10.8 Å². The van der Waals surface area contributed by atoms with Crippen LogP contribution in [0.3, 0.4) is 0 Å². The first kappa shape index (κ1) is 18.1. The predicted molar refractivity (Wildman–Crippen MR) is 82.1 cm³/mol. The van der Waals surface area contributed by atoms with E-state index in [2.05, 4.69) is 5.32 Å². The summed E-state index contributed by atoms with van der Waals surface area (Å²) in [6.07, 6.45) is 0. The van der Waals surface area contributed by atoms with Gasteiger partial charge in [0.1, 0.15) is 6.54 Å². The van der Waals surface area contributed by atoms with Gasteiger partial charge in [0.15, 0.2) is 0 Å². The summed E-state index contributed by atoms with van der Waals surface area (Å²) in [6.45, 7) is 5.64. The Morgan fingerprint density at radius 2 is 1.91 bits per heavy atom. The van der Waals surface area contributed by atoms with Crippen LogP contribution in [0.1, 0.15) is 26.3 Å².